The Morgan fingerprint density at radius 2 is 1.79 bits per heavy atom. The number of carbonyl (C=O) groups excluding carboxylic acids is 1. The summed E-state index contributed by atoms with van der Waals surface area (Å²) in [6.07, 6.45) is 7.40. The van der Waals surface area contributed by atoms with Gasteiger partial charge in [-0.25, -0.2) is 4.39 Å². The van der Waals surface area contributed by atoms with Crippen LogP contribution in [0.4, 0.5) is 10.2 Å². The summed E-state index contributed by atoms with van der Waals surface area (Å²) in [4.78, 5) is 26.9. The lowest BCUT2D eigenvalue weighted by molar-refractivity contribution is -0.126. The standard InChI is InChI=1S/C22H27FN4O2/c23-17-5-4-8-19(15-17)27-21(28)10-9-20(25-27)26-13-11-16(12-14-26)22(29)24-18-6-2-1-3-7-18/h4-5,8-10,15-16,18H,1-3,6-7,11-14H2,(H,24,29). The quantitative estimate of drug-likeness (QED) is 0.860. The molecule has 0 atom stereocenters. The van der Waals surface area contributed by atoms with Crippen molar-refractivity contribution in [1.82, 2.24) is 15.1 Å². The molecule has 1 saturated heterocycles. The molecule has 1 aliphatic carbocycles. The lowest BCUT2D eigenvalue weighted by Crippen LogP contribution is -2.44. The number of hydrogen-bond acceptors (Lipinski definition) is 4. The lowest BCUT2D eigenvalue weighted by Gasteiger charge is -2.33. The zero-order chi connectivity index (χ0) is 20.2. The molecular formula is C22H27FN4O2. The van der Waals surface area contributed by atoms with Gasteiger partial charge in [-0.05, 0) is 49.9 Å². The van der Waals surface area contributed by atoms with E-state index in [1.165, 1.54) is 42.1 Å². The van der Waals surface area contributed by atoms with E-state index in [1.807, 2.05) is 0 Å². The summed E-state index contributed by atoms with van der Waals surface area (Å²) in [7, 11) is 0. The summed E-state index contributed by atoms with van der Waals surface area (Å²) < 4.78 is 14.8. The highest BCUT2D eigenvalue weighted by molar-refractivity contribution is 5.79. The van der Waals surface area contributed by atoms with Gasteiger partial charge in [0.1, 0.15) is 11.6 Å². The van der Waals surface area contributed by atoms with E-state index in [9.17, 15) is 14.0 Å². The summed E-state index contributed by atoms with van der Waals surface area (Å²) >= 11 is 0. The molecule has 1 N–H and O–H groups in total. The number of benzene rings is 1. The third-order valence-corrected chi connectivity index (χ3v) is 5.98. The van der Waals surface area contributed by atoms with Gasteiger partial charge in [0.05, 0.1) is 5.69 Å². The zero-order valence-corrected chi connectivity index (χ0v) is 16.5. The first kappa shape index (κ1) is 19.6. The molecule has 2 fully saturated rings. The molecule has 1 aromatic carbocycles. The number of hydrogen-bond donors (Lipinski definition) is 1. The minimum atomic E-state index is -0.411. The average Bonchev–Trinajstić information content (AvgIpc) is 2.75. The number of aromatic nitrogens is 2. The van der Waals surface area contributed by atoms with Crippen molar-refractivity contribution < 1.29 is 9.18 Å². The fraction of sp³-hybridized carbons (Fsp3) is 0.500. The van der Waals surface area contributed by atoms with Crippen molar-refractivity contribution in [2.75, 3.05) is 18.0 Å². The highest BCUT2D eigenvalue weighted by atomic mass is 19.1. The molecule has 1 aliphatic heterocycles. The normalized spacial score (nSPS) is 18.6. The Kier molecular flexibility index (Phi) is 5.92. The van der Waals surface area contributed by atoms with Gasteiger partial charge in [0, 0.05) is 31.1 Å². The molecule has 1 amide bonds. The van der Waals surface area contributed by atoms with Crippen LogP contribution in [0, 0.1) is 11.7 Å². The molecular weight excluding hydrogens is 371 g/mol. The highest BCUT2D eigenvalue weighted by Gasteiger charge is 2.27. The maximum absolute atomic E-state index is 13.5. The van der Waals surface area contributed by atoms with Crippen LogP contribution >= 0.6 is 0 Å². The van der Waals surface area contributed by atoms with E-state index in [-0.39, 0.29) is 17.4 Å². The van der Waals surface area contributed by atoms with Crippen LogP contribution in [0.3, 0.4) is 0 Å². The number of amides is 1. The van der Waals surface area contributed by atoms with Gasteiger partial charge in [-0.3, -0.25) is 9.59 Å². The summed E-state index contributed by atoms with van der Waals surface area (Å²) in [6, 6.07) is 9.33. The molecule has 0 spiro atoms. The number of rotatable bonds is 4. The number of carbonyl (C=O) groups is 1. The molecule has 4 rings (SSSR count). The Labute approximate surface area is 169 Å². The predicted octanol–water partition coefficient (Wildman–Crippen LogP) is 3.04. The smallest absolute Gasteiger partial charge is 0.271 e. The van der Waals surface area contributed by atoms with Crippen LogP contribution in [0.1, 0.15) is 44.9 Å². The second-order valence-electron chi connectivity index (χ2n) is 8.03. The summed E-state index contributed by atoms with van der Waals surface area (Å²) in [5, 5.41) is 7.67. The minimum absolute atomic E-state index is 0.0299. The molecule has 7 heteroatoms. The van der Waals surface area contributed by atoms with E-state index in [1.54, 1.807) is 18.2 Å². The molecule has 2 aliphatic rings. The van der Waals surface area contributed by atoms with Crippen LogP contribution in [0.25, 0.3) is 5.69 Å². The lowest BCUT2D eigenvalue weighted by atomic mass is 9.92. The van der Waals surface area contributed by atoms with Crippen molar-refractivity contribution >= 4 is 11.7 Å². The predicted molar refractivity (Wildman–Crippen MR) is 110 cm³/mol. The van der Waals surface area contributed by atoms with Crippen LogP contribution in [0.2, 0.25) is 0 Å². The largest absolute Gasteiger partial charge is 0.355 e. The molecule has 2 aromatic rings. The van der Waals surface area contributed by atoms with Crippen LogP contribution in [0.15, 0.2) is 41.2 Å². The Bertz CT molecular complexity index is 915. The van der Waals surface area contributed by atoms with Gasteiger partial charge in [-0.2, -0.15) is 4.68 Å². The molecule has 29 heavy (non-hydrogen) atoms. The van der Waals surface area contributed by atoms with Crippen LogP contribution in [0.5, 0.6) is 0 Å². The summed E-state index contributed by atoms with van der Waals surface area (Å²) in [6.45, 7) is 1.41. The van der Waals surface area contributed by atoms with Crippen molar-refractivity contribution in [3.63, 3.8) is 0 Å². The van der Waals surface area contributed by atoms with Crippen molar-refractivity contribution in [2.24, 2.45) is 5.92 Å². The Hall–Kier alpha value is -2.70. The zero-order valence-electron chi connectivity index (χ0n) is 16.5. The topological polar surface area (TPSA) is 67.2 Å². The monoisotopic (exact) mass is 398 g/mol. The number of anilines is 1. The molecule has 0 radical (unpaired) electrons. The van der Waals surface area contributed by atoms with Crippen LogP contribution in [-0.2, 0) is 4.79 Å². The molecule has 0 bridgehead atoms. The van der Waals surface area contributed by atoms with Crippen molar-refractivity contribution in [3.05, 3.63) is 52.6 Å². The van der Waals surface area contributed by atoms with E-state index in [0.29, 0.717) is 30.6 Å². The second-order valence-corrected chi connectivity index (χ2v) is 8.03. The van der Waals surface area contributed by atoms with Crippen LogP contribution in [-0.4, -0.2) is 34.8 Å². The van der Waals surface area contributed by atoms with Gasteiger partial charge in [0.2, 0.25) is 5.91 Å². The van der Waals surface area contributed by atoms with E-state index in [4.69, 9.17) is 0 Å². The summed E-state index contributed by atoms with van der Waals surface area (Å²) in [5.74, 6) is 0.461. The first-order valence-electron chi connectivity index (χ1n) is 10.5. The number of piperidine rings is 1. The first-order chi connectivity index (χ1) is 14.1. The van der Waals surface area contributed by atoms with E-state index in [0.717, 1.165) is 25.7 Å². The maximum atomic E-state index is 13.5. The van der Waals surface area contributed by atoms with Crippen molar-refractivity contribution in [2.45, 2.75) is 51.0 Å². The second kappa shape index (κ2) is 8.76. The number of nitrogens with one attached hydrogen (secondary N) is 1. The van der Waals surface area contributed by atoms with E-state index in [2.05, 4.69) is 15.3 Å². The minimum Gasteiger partial charge on any atom is -0.355 e. The SMILES string of the molecule is O=C(NC1CCCCC1)C1CCN(c2ccc(=O)n(-c3cccc(F)c3)n2)CC1. The molecule has 0 unspecified atom stereocenters. The molecule has 154 valence electrons. The fourth-order valence-electron chi connectivity index (χ4n) is 4.30. The van der Waals surface area contributed by atoms with Gasteiger partial charge in [-0.15, -0.1) is 5.10 Å². The van der Waals surface area contributed by atoms with E-state index < -0.39 is 5.82 Å². The molecule has 6 nitrogen and oxygen atoms in total. The van der Waals surface area contributed by atoms with Crippen molar-refractivity contribution in [1.29, 1.82) is 0 Å². The highest BCUT2D eigenvalue weighted by Crippen LogP contribution is 2.23. The van der Waals surface area contributed by atoms with Crippen LogP contribution < -0.4 is 15.8 Å². The van der Waals surface area contributed by atoms with Gasteiger partial charge < -0.3 is 10.2 Å². The van der Waals surface area contributed by atoms with Crippen molar-refractivity contribution in [3.8, 4) is 5.69 Å². The van der Waals surface area contributed by atoms with Gasteiger partial charge >= 0.3 is 0 Å². The maximum Gasteiger partial charge on any atom is 0.271 e. The number of nitrogens with zero attached hydrogens (tertiary/aromatic N) is 3. The number of halogens is 1. The molecule has 2 heterocycles. The fourth-order valence-corrected chi connectivity index (χ4v) is 4.30. The average molecular weight is 398 g/mol. The third kappa shape index (κ3) is 4.66. The Balaban J connectivity index is 1.40. The van der Waals surface area contributed by atoms with Gasteiger partial charge in [-0.1, -0.05) is 25.3 Å². The van der Waals surface area contributed by atoms with Gasteiger partial charge in [0.25, 0.3) is 5.56 Å². The van der Waals surface area contributed by atoms with E-state index >= 15 is 0 Å². The van der Waals surface area contributed by atoms with Gasteiger partial charge in [0.15, 0.2) is 0 Å². The molecule has 1 aromatic heterocycles. The summed E-state index contributed by atoms with van der Waals surface area (Å²) in [5.41, 5.74) is 0.0969. The third-order valence-electron chi connectivity index (χ3n) is 5.98. The first-order valence-corrected chi connectivity index (χ1v) is 10.5. The Morgan fingerprint density at radius 1 is 1.03 bits per heavy atom. The Morgan fingerprint density at radius 3 is 2.52 bits per heavy atom. The molecule has 1 saturated carbocycles.